The third kappa shape index (κ3) is 3.22. The van der Waals surface area contributed by atoms with Gasteiger partial charge in [-0.2, -0.15) is 0 Å². The van der Waals surface area contributed by atoms with Crippen LogP contribution in [0.2, 0.25) is 16.6 Å². The SMILES string of the molecule is CC(C)[Si](/C(=C(\Br)[N+](=O)[O-])[N+](=O)[O-])(C(C)C)C(C)C. The van der Waals surface area contributed by atoms with E-state index in [0.29, 0.717) is 0 Å². The molecule has 0 unspecified atom stereocenters. The van der Waals surface area contributed by atoms with Gasteiger partial charge in [0.15, 0.2) is 8.07 Å². The molecule has 0 fully saturated rings. The van der Waals surface area contributed by atoms with Gasteiger partial charge in [0.1, 0.15) is 0 Å². The second-order valence-corrected chi connectivity index (χ2v) is 12.1. The molecule has 0 rings (SSSR count). The van der Waals surface area contributed by atoms with Gasteiger partial charge in [0.05, 0.1) is 9.85 Å². The Bertz CT molecular complexity index is 386. The van der Waals surface area contributed by atoms with Gasteiger partial charge in [-0.1, -0.05) is 41.5 Å². The van der Waals surface area contributed by atoms with Gasteiger partial charge in [0, 0.05) is 15.9 Å². The first-order chi connectivity index (χ1) is 8.51. The van der Waals surface area contributed by atoms with Gasteiger partial charge in [0.2, 0.25) is 0 Å². The lowest BCUT2D eigenvalue weighted by Gasteiger charge is -2.38. The first-order valence-corrected chi connectivity index (χ1v) is 9.22. The third-order valence-electron chi connectivity index (χ3n) is 3.81. The van der Waals surface area contributed by atoms with Crippen LogP contribution >= 0.6 is 15.9 Å². The monoisotopic (exact) mass is 352 g/mol. The van der Waals surface area contributed by atoms with E-state index in [1.807, 2.05) is 41.5 Å². The van der Waals surface area contributed by atoms with Crippen LogP contribution in [0.15, 0.2) is 9.93 Å². The predicted molar refractivity (Wildman–Crippen MR) is 81.0 cm³/mol. The Morgan fingerprint density at radius 3 is 1.37 bits per heavy atom. The maximum Gasteiger partial charge on any atom is 0.376 e. The minimum Gasteiger partial charge on any atom is -0.259 e. The third-order valence-corrected chi connectivity index (χ3v) is 11.8. The normalized spacial score (nSPS) is 14.0. The summed E-state index contributed by atoms with van der Waals surface area (Å²) in [6, 6.07) is 0. The fourth-order valence-electron chi connectivity index (χ4n) is 3.32. The molecule has 0 aromatic heterocycles. The van der Waals surface area contributed by atoms with Crippen molar-refractivity contribution in [2.75, 3.05) is 0 Å². The maximum absolute atomic E-state index is 11.5. The fraction of sp³-hybridized carbons (Fsp3) is 0.818. The van der Waals surface area contributed by atoms with Crippen LogP contribution in [0, 0.1) is 20.2 Å². The van der Waals surface area contributed by atoms with Crippen LogP contribution in [0.25, 0.3) is 0 Å². The van der Waals surface area contributed by atoms with Crippen LogP contribution in [-0.4, -0.2) is 17.9 Å². The van der Waals surface area contributed by atoms with Crippen molar-refractivity contribution in [2.45, 2.75) is 58.2 Å². The average Bonchev–Trinajstić information content (AvgIpc) is 2.21. The molecule has 0 bridgehead atoms. The van der Waals surface area contributed by atoms with E-state index in [0.717, 1.165) is 0 Å². The van der Waals surface area contributed by atoms with Gasteiger partial charge in [-0.25, -0.2) is 0 Å². The summed E-state index contributed by atoms with van der Waals surface area (Å²) in [5.41, 5.74) is 0.126. The van der Waals surface area contributed by atoms with Crippen molar-refractivity contribution in [1.29, 1.82) is 0 Å². The lowest BCUT2D eigenvalue weighted by atomic mass is 10.5. The van der Waals surface area contributed by atoms with E-state index < -0.39 is 22.5 Å². The summed E-state index contributed by atoms with van der Waals surface area (Å²) in [7, 11) is -2.65. The van der Waals surface area contributed by atoms with Crippen LogP contribution < -0.4 is 0 Å². The van der Waals surface area contributed by atoms with Crippen molar-refractivity contribution in [3.8, 4) is 0 Å². The quantitative estimate of drug-likeness (QED) is 0.308. The van der Waals surface area contributed by atoms with Crippen molar-refractivity contribution in [3.63, 3.8) is 0 Å². The Hall–Kier alpha value is -0.763. The summed E-state index contributed by atoms with van der Waals surface area (Å²) in [6.45, 7) is 11.6. The summed E-state index contributed by atoms with van der Waals surface area (Å²) >= 11 is 2.82. The largest absolute Gasteiger partial charge is 0.376 e. The highest BCUT2D eigenvalue weighted by atomic mass is 79.9. The minimum absolute atomic E-state index is 0.0420. The van der Waals surface area contributed by atoms with Crippen molar-refractivity contribution < 1.29 is 9.85 Å². The highest BCUT2D eigenvalue weighted by Gasteiger charge is 2.57. The Morgan fingerprint density at radius 2 is 1.21 bits per heavy atom. The first kappa shape index (κ1) is 18.2. The van der Waals surface area contributed by atoms with Crippen LogP contribution in [0.5, 0.6) is 0 Å². The zero-order chi connectivity index (χ0) is 15.5. The summed E-state index contributed by atoms with van der Waals surface area (Å²) in [4.78, 5) is 21.2. The lowest BCUT2D eigenvalue weighted by Crippen LogP contribution is -2.50. The Balaban J connectivity index is 6.47. The smallest absolute Gasteiger partial charge is 0.259 e. The molecule has 110 valence electrons. The van der Waals surface area contributed by atoms with Gasteiger partial charge in [0.25, 0.3) is 5.32 Å². The van der Waals surface area contributed by atoms with Gasteiger partial charge in [-0.15, -0.1) is 0 Å². The summed E-state index contributed by atoms with van der Waals surface area (Å²) in [5, 5.41) is 22.2. The number of nitro groups is 2. The molecule has 0 aliphatic heterocycles. The van der Waals surface area contributed by atoms with Crippen molar-refractivity contribution in [1.82, 2.24) is 0 Å². The van der Waals surface area contributed by atoms with Crippen molar-refractivity contribution >= 4 is 24.0 Å². The molecule has 8 heteroatoms. The van der Waals surface area contributed by atoms with Gasteiger partial charge in [-0.05, 0) is 16.6 Å². The Morgan fingerprint density at radius 1 is 0.895 bits per heavy atom. The molecule has 0 aliphatic rings. The topological polar surface area (TPSA) is 86.3 Å². The van der Waals surface area contributed by atoms with E-state index in [1.165, 1.54) is 0 Å². The second-order valence-electron chi connectivity index (χ2n) is 5.55. The molecule has 0 aliphatic carbocycles. The zero-order valence-electron chi connectivity index (χ0n) is 12.1. The number of rotatable bonds is 6. The van der Waals surface area contributed by atoms with E-state index >= 15 is 0 Å². The minimum atomic E-state index is -2.65. The second kappa shape index (κ2) is 6.60. The maximum atomic E-state index is 11.5. The predicted octanol–water partition coefficient (Wildman–Crippen LogP) is 4.32. The van der Waals surface area contributed by atoms with E-state index in [9.17, 15) is 20.2 Å². The molecule has 0 spiro atoms. The van der Waals surface area contributed by atoms with Crippen LogP contribution in [0.4, 0.5) is 0 Å². The lowest BCUT2D eigenvalue weighted by molar-refractivity contribution is -0.454. The average molecular weight is 353 g/mol. The van der Waals surface area contributed by atoms with E-state index in [4.69, 9.17) is 0 Å². The summed E-state index contributed by atoms with van der Waals surface area (Å²) in [6.07, 6.45) is 0. The Kier molecular flexibility index (Phi) is 6.34. The van der Waals surface area contributed by atoms with E-state index in [2.05, 4.69) is 15.9 Å². The molecule has 0 heterocycles. The first-order valence-electron chi connectivity index (χ1n) is 6.20. The van der Waals surface area contributed by atoms with Gasteiger partial charge in [-0.3, -0.25) is 20.2 Å². The Labute approximate surface area is 122 Å². The highest BCUT2D eigenvalue weighted by molar-refractivity contribution is 9.11. The van der Waals surface area contributed by atoms with Crippen molar-refractivity contribution in [3.05, 3.63) is 30.2 Å². The van der Waals surface area contributed by atoms with Crippen LogP contribution in [0.3, 0.4) is 0 Å². The molecular weight excluding hydrogens is 332 g/mol. The molecule has 0 saturated carbocycles. The van der Waals surface area contributed by atoms with E-state index in [1.54, 1.807) is 0 Å². The molecule has 6 nitrogen and oxygen atoms in total. The van der Waals surface area contributed by atoms with Gasteiger partial charge < -0.3 is 0 Å². The fourth-order valence-corrected chi connectivity index (χ4v) is 10.9. The molecule has 19 heavy (non-hydrogen) atoms. The number of hydrogen-bond donors (Lipinski definition) is 0. The highest BCUT2D eigenvalue weighted by Crippen LogP contribution is 2.48. The van der Waals surface area contributed by atoms with Crippen molar-refractivity contribution in [2.24, 2.45) is 0 Å². The molecule has 0 aromatic rings. The molecule has 0 atom stereocenters. The van der Waals surface area contributed by atoms with Crippen LogP contribution in [0.1, 0.15) is 41.5 Å². The molecule has 0 amide bonds. The molecule has 0 radical (unpaired) electrons. The zero-order valence-corrected chi connectivity index (χ0v) is 14.7. The molecule has 0 aromatic carbocycles. The van der Waals surface area contributed by atoms with E-state index in [-0.39, 0.29) is 21.9 Å². The number of hydrogen-bond acceptors (Lipinski definition) is 4. The number of halogens is 1. The number of nitrogens with zero attached hydrogens (tertiary/aromatic N) is 2. The summed E-state index contributed by atoms with van der Waals surface area (Å²) < 4.78 is -0.486. The molecular formula is C11H21BrN2O4Si. The van der Waals surface area contributed by atoms with Gasteiger partial charge >= 0.3 is 4.61 Å². The van der Waals surface area contributed by atoms with Crippen LogP contribution in [-0.2, 0) is 0 Å². The molecule has 0 N–H and O–H groups in total. The standard InChI is InChI=1S/C11H21BrN2O4Si/c1-7(2)19(8(3)4,9(5)6)11(14(17)18)10(12)13(15)16/h7-9H,1-6H3/b11-10+. The molecule has 0 saturated heterocycles. The summed E-state index contributed by atoms with van der Waals surface area (Å²) in [5.74, 6) is 0.